The number of carbonyl (C=O) groups is 2. The smallest absolute Gasteiger partial charge is 0.357 e. The van der Waals surface area contributed by atoms with Crippen LogP contribution in [-0.2, 0) is 23.0 Å². The molecule has 13 heteroatoms. The predicted octanol–water partition coefficient (Wildman–Crippen LogP) is 1.67. The minimum Gasteiger partial charge on any atom is -0.476 e. The van der Waals surface area contributed by atoms with Crippen LogP contribution in [0, 0.1) is 0 Å². The Balaban J connectivity index is 1.38. The van der Waals surface area contributed by atoms with Gasteiger partial charge < -0.3 is 14.8 Å². The van der Waals surface area contributed by atoms with Gasteiger partial charge in [-0.3, -0.25) is 9.52 Å². The molecule has 12 nitrogen and oxygen atoms in total. The van der Waals surface area contributed by atoms with E-state index in [-0.39, 0.29) is 29.8 Å². The second-order valence-electron chi connectivity index (χ2n) is 8.19. The molecule has 1 aromatic carbocycles. The molecule has 1 saturated carbocycles. The normalized spacial score (nSPS) is 14.9. The average molecular weight is 489 g/mol. The van der Waals surface area contributed by atoms with Crippen LogP contribution in [0.5, 0.6) is 0 Å². The number of oxazole rings is 1. The number of nitrogens with one attached hydrogen (secondary N) is 2. The second-order valence-corrected chi connectivity index (χ2v) is 10.2. The number of benzene rings is 1. The summed E-state index contributed by atoms with van der Waals surface area (Å²) in [6.07, 6.45) is 5.83. The van der Waals surface area contributed by atoms with Gasteiger partial charge in [0.25, 0.3) is 5.91 Å². The Labute approximate surface area is 195 Å². The van der Waals surface area contributed by atoms with E-state index in [2.05, 4.69) is 25.3 Å². The topological polar surface area (TPSA) is 169 Å². The van der Waals surface area contributed by atoms with Crippen molar-refractivity contribution < 1.29 is 27.5 Å². The van der Waals surface area contributed by atoms with Gasteiger partial charge in [-0.2, -0.15) is 0 Å². The molecule has 0 unspecified atom stereocenters. The van der Waals surface area contributed by atoms with Crippen LogP contribution >= 0.6 is 0 Å². The summed E-state index contributed by atoms with van der Waals surface area (Å²) < 4.78 is 32.5. The van der Waals surface area contributed by atoms with Gasteiger partial charge in [-0.05, 0) is 50.5 Å². The van der Waals surface area contributed by atoms with Crippen molar-refractivity contribution in [3.05, 3.63) is 59.6 Å². The molecule has 2 aromatic heterocycles. The Morgan fingerprint density at radius 2 is 1.97 bits per heavy atom. The number of carboxylic acids is 1. The van der Waals surface area contributed by atoms with E-state index in [4.69, 9.17) is 9.52 Å². The van der Waals surface area contributed by atoms with E-state index in [9.17, 15) is 18.0 Å². The molecule has 0 atom stereocenters. The van der Waals surface area contributed by atoms with Crippen LogP contribution in [-0.4, -0.2) is 56.7 Å². The third-order valence-corrected chi connectivity index (χ3v) is 6.97. The number of hydrogen-bond acceptors (Lipinski definition) is 8. The van der Waals surface area contributed by atoms with Gasteiger partial charge in [0.2, 0.25) is 15.9 Å². The number of carbonyl (C=O) groups excluding carboxylic acids is 1. The van der Waals surface area contributed by atoms with Gasteiger partial charge in [-0.25, -0.2) is 22.9 Å². The summed E-state index contributed by atoms with van der Waals surface area (Å²) in [4.78, 5) is 27.6. The quantitative estimate of drug-likeness (QED) is 0.384. The van der Waals surface area contributed by atoms with Crippen molar-refractivity contribution in [3.63, 3.8) is 0 Å². The van der Waals surface area contributed by atoms with Crippen molar-refractivity contribution in [2.45, 2.75) is 44.7 Å². The molecule has 0 saturated heterocycles. The van der Waals surface area contributed by atoms with Crippen molar-refractivity contribution >= 4 is 27.6 Å². The van der Waals surface area contributed by atoms with Gasteiger partial charge in [0.05, 0.1) is 11.4 Å². The molecule has 0 bridgehead atoms. The Bertz CT molecular complexity index is 1290. The molecule has 1 fully saturated rings. The lowest BCUT2D eigenvalue weighted by Crippen LogP contribution is -2.55. The van der Waals surface area contributed by atoms with Crippen molar-refractivity contribution in [2.75, 3.05) is 10.5 Å². The van der Waals surface area contributed by atoms with Crippen LogP contribution in [0.25, 0.3) is 0 Å². The van der Waals surface area contributed by atoms with E-state index < -0.39 is 21.5 Å². The van der Waals surface area contributed by atoms with Gasteiger partial charge in [-0.1, -0.05) is 5.21 Å². The van der Waals surface area contributed by atoms with Crippen LogP contribution in [0.4, 0.5) is 5.69 Å². The number of nitrogens with zero attached hydrogens (tertiary/aromatic N) is 4. The SMILES string of the molecule is CCS(=O)(=O)Nc1ccc(C(=O)NC2(Cc3cn(Cc4nc(C(=O)O)co4)nn3)CCC2)cc1. The third kappa shape index (κ3) is 5.42. The average Bonchev–Trinajstić information content (AvgIpc) is 3.42. The van der Waals surface area contributed by atoms with E-state index >= 15 is 0 Å². The second kappa shape index (κ2) is 9.25. The summed E-state index contributed by atoms with van der Waals surface area (Å²) in [5, 5.41) is 20.2. The Morgan fingerprint density at radius 1 is 1.24 bits per heavy atom. The molecular formula is C21H24N6O6S. The van der Waals surface area contributed by atoms with Crippen LogP contribution in [0.2, 0.25) is 0 Å². The number of aromatic carboxylic acids is 1. The first-order chi connectivity index (χ1) is 16.2. The van der Waals surface area contributed by atoms with Gasteiger partial charge >= 0.3 is 5.97 Å². The first-order valence-corrected chi connectivity index (χ1v) is 12.3. The lowest BCUT2D eigenvalue weighted by Gasteiger charge is -2.42. The molecule has 34 heavy (non-hydrogen) atoms. The van der Waals surface area contributed by atoms with Crippen LogP contribution < -0.4 is 10.0 Å². The molecule has 4 rings (SSSR count). The molecular weight excluding hydrogens is 464 g/mol. The lowest BCUT2D eigenvalue weighted by molar-refractivity contribution is 0.0689. The summed E-state index contributed by atoms with van der Waals surface area (Å²) in [7, 11) is -3.39. The summed E-state index contributed by atoms with van der Waals surface area (Å²) in [5.41, 5.74) is 0.874. The van der Waals surface area contributed by atoms with Gasteiger partial charge in [0.1, 0.15) is 12.8 Å². The molecule has 180 valence electrons. The molecule has 1 amide bonds. The Hall–Kier alpha value is -3.74. The number of carboxylic acid groups (broad SMARTS) is 1. The highest BCUT2D eigenvalue weighted by Gasteiger charge is 2.39. The maximum absolute atomic E-state index is 12.8. The van der Waals surface area contributed by atoms with Gasteiger partial charge in [0.15, 0.2) is 5.69 Å². The largest absolute Gasteiger partial charge is 0.476 e. The number of rotatable bonds is 10. The fourth-order valence-electron chi connectivity index (χ4n) is 3.67. The standard InChI is InChI=1S/C21H24N6O6S/c1-2-34(31,32)25-15-6-4-14(5-7-15)19(28)23-21(8-3-9-21)10-16-11-27(26-24-16)12-18-22-17(13-33-18)20(29)30/h4-7,11,13,25H,2-3,8-10,12H2,1H3,(H,23,28)(H,29,30). The van der Waals surface area contributed by atoms with Crippen molar-refractivity contribution in [3.8, 4) is 0 Å². The molecule has 3 aromatic rings. The number of amides is 1. The summed E-state index contributed by atoms with van der Waals surface area (Å²) in [5.74, 6) is -1.26. The minimum absolute atomic E-state index is 0.0379. The van der Waals surface area contributed by atoms with E-state index in [0.29, 0.717) is 23.4 Å². The highest BCUT2D eigenvalue weighted by atomic mass is 32.2. The van der Waals surface area contributed by atoms with Crippen LogP contribution in [0.15, 0.2) is 41.1 Å². The first-order valence-electron chi connectivity index (χ1n) is 10.7. The number of anilines is 1. The monoisotopic (exact) mass is 488 g/mol. The molecule has 2 heterocycles. The lowest BCUT2D eigenvalue weighted by atomic mass is 9.73. The minimum atomic E-state index is -3.39. The van der Waals surface area contributed by atoms with Crippen LogP contribution in [0.1, 0.15) is 58.6 Å². The zero-order valence-corrected chi connectivity index (χ0v) is 19.2. The highest BCUT2D eigenvalue weighted by Crippen LogP contribution is 2.35. The molecule has 3 N–H and O–H groups in total. The van der Waals surface area contributed by atoms with E-state index in [1.807, 2.05) is 0 Å². The third-order valence-electron chi connectivity index (χ3n) is 5.66. The molecule has 0 spiro atoms. The highest BCUT2D eigenvalue weighted by molar-refractivity contribution is 7.92. The van der Waals surface area contributed by atoms with E-state index in [1.165, 1.54) is 4.68 Å². The van der Waals surface area contributed by atoms with Gasteiger partial charge in [0, 0.05) is 29.4 Å². The zero-order valence-electron chi connectivity index (χ0n) is 18.4. The van der Waals surface area contributed by atoms with Crippen LogP contribution in [0.3, 0.4) is 0 Å². The summed E-state index contributed by atoms with van der Waals surface area (Å²) in [6, 6.07) is 6.26. The van der Waals surface area contributed by atoms with Gasteiger partial charge in [-0.15, -0.1) is 5.10 Å². The predicted molar refractivity (Wildman–Crippen MR) is 120 cm³/mol. The zero-order chi connectivity index (χ0) is 24.3. The maximum atomic E-state index is 12.8. The molecule has 1 aliphatic rings. The Morgan fingerprint density at radius 3 is 2.56 bits per heavy atom. The van der Waals surface area contributed by atoms with E-state index in [0.717, 1.165) is 25.5 Å². The number of aromatic nitrogens is 4. The summed E-state index contributed by atoms with van der Waals surface area (Å²) in [6.45, 7) is 1.68. The maximum Gasteiger partial charge on any atom is 0.357 e. The number of sulfonamides is 1. The Kier molecular flexibility index (Phi) is 6.37. The number of hydrogen-bond donors (Lipinski definition) is 3. The first kappa shape index (κ1) is 23.4. The fraction of sp³-hybridized carbons (Fsp3) is 0.381. The summed E-state index contributed by atoms with van der Waals surface area (Å²) >= 11 is 0. The van der Waals surface area contributed by atoms with Crippen molar-refractivity contribution in [1.82, 2.24) is 25.3 Å². The molecule has 0 aliphatic heterocycles. The molecule has 1 aliphatic carbocycles. The van der Waals surface area contributed by atoms with Crippen molar-refractivity contribution in [2.24, 2.45) is 0 Å². The van der Waals surface area contributed by atoms with Crippen molar-refractivity contribution in [1.29, 1.82) is 0 Å². The fourth-order valence-corrected chi connectivity index (χ4v) is 4.31. The molecule has 0 radical (unpaired) electrons. The van der Waals surface area contributed by atoms with E-state index in [1.54, 1.807) is 37.4 Å².